The van der Waals surface area contributed by atoms with E-state index in [1.54, 1.807) is 20.8 Å². The number of unbranched alkanes of at least 4 members (excludes halogenated alkanes) is 3. The molecule has 9 nitrogen and oxygen atoms in total. The Morgan fingerprint density at radius 1 is 1.17 bits per heavy atom. The quantitative estimate of drug-likeness (QED) is 0.228. The molecule has 204 valence electrons. The van der Waals surface area contributed by atoms with E-state index in [2.05, 4.69) is 34.1 Å². The number of likely N-dealkylation sites (N-methyl/N-ethyl adjacent to an activating group) is 1. The van der Waals surface area contributed by atoms with Crippen LogP contribution < -0.4 is 10.1 Å². The number of nitrogens with one attached hydrogen (secondary N) is 1. The second-order valence-electron chi connectivity index (χ2n) is 11.1. The third kappa shape index (κ3) is 9.03. The monoisotopic (exact) mass is 525 g/mol. The zero-order valence-electron chi connectivity index (χ0n) is 23.3. The topological polar surface area (TPSA) is 99.6 Å². The fraction of sp³-hybridized carbons (Fsp3) is 0.769. The van der Waals surface area contributed by atoms with Crippen LogP contribution in [0.4, 0.5) is 4.79 Å². The van der Waals surface area contributed by atoms with Crippen LogP contribution in [0.5, 0.6) is 5.88 Å². The predicted octanol–water partition coefficient (Wildman–Crippen LogP) is 5.17. The van der Waals surface area contributed by atoms with Crippen LogP contribution in [-0.4, -0.2) is 69.9 Å². The van der Waals surface area contributed by atoms with Crippen molar-refractivity contribution >= 4 is 29.4 Å². The zero-order chi connectivity index (χ0) is 26.9. The summed E-state index contributed by atoms with van der Waals surface area (Å²) in [4.78, 5) is 25.4. The van der Waals surface area contributed by atoms with Crippen molar-refractivity contribution in [3.8, 4) is 5.88 Å². The van der Waals surface area contributed by atoms with Gasteiger partial charge in [-0.25, -0.2) is 9.59 Å². The molecule has 1 aromatic rings. The lowest BCUT2D eigenvalue weighted by molar-refractivity contribution is -0.944. The van der Waals surface area contributed by atoms with Crippen molar-refractivity contribution in [1.29, 1.82) is 0 Å². The Morgan fingerprint density at radius 2 is 1.89 bits per heavy atom. The van der Waals surface area contributed by atoms with E-state index in [-0.39, 0.29) is 5.92 Å². The molecule has 2 heterocycles. The summed E-state index contributed by atoms with van der Waals surface area (Å²) in [5.41, 5.74) is 1.18. The summed E-state index contributed by atoms with van der Waals surface area (Å²) in [6.45, 7) is 15.2. The molecular formula is C26H45N4O5S+. The third-order valence-electron chi connectivity index (χ3n) is 6.32. The number of quaternary nitrogens is 1. The maximum Gasteiger partial charge on any atom is 0.408 e. The molecule has 10 heteroatoms. The number of alkyl carbamates (subject to hydrolysis) is 1. The summed E-state index contributed by atoms with van der Waals surface area (Å²) in [6.07, 6.45) is 6.48. The molecule has 1 amide bonds. The van der Waals surface area contributed by atoms with E-state index < -0.39 is 29.9 Å². The Bertz CT molecular complexity index is 895. The van der Waals surface area contributed by atoms with Crippen LogP contribution in [0, 0.1) is 5.92 Å². The first-order valence-corrected chi connectivity index (χ1v) is 13.8. The molecule has 0 saturated heterocycles. The molecule has 0 saturated carbocycles. The molecule has 2 unspecified atom stereocenters. The minimum absolute atomic E-state index is 0.155. The van der Waals surface area contributed by atoms with E-state index in [1.807, 2.05) is 20.8 Å². The van der Waals surface area contributed by atoms with Gasteiger partial charge in [0.1, 0.15) is 23.9 Å². The van der Waals surface area contributed by atoms with Crippen molar-refractivity contribution in [2.45, 2.75) is 98.4 Å². The lowest BCUT2D eigenvalue weighted by atomic mass is 10.0. The highest BCUT2D eigenvalue weighted by molar-refractivity contribution is 6.99. The maximum absolute atomic E-state index is 13.1. The standard InChI is InChI=1S/C26H44N4O5S/c1-9-10-11-12-16-33-23-22(28-36-29-23)20-14-13-15-30(8,17-20)19(4)34-24(31)21(18(2)3)27-25(32)35-26(5,6)7/h14,18-19,21H,9-13,15-17H2,1-8H3/p+1/t19?,21-,30?/m0/s1. The largest absolute Gasteiger partial charge is 0.475 e. The summed E-state index contributed by atoms with van der Waals surface area (Å²) in [5.74, 6) is -0.0371. The minimum Gasteiger partial charge on any atom is -0.475 e. The molecule has 0 bridgehead atoms. The number of carbonyl (C=O) groups is 2. The third-order valence-corrected chi connectivity index (χ3v) is 6.83. The van der Waals surface area contributed by atoms with Gasteiger partial charge in [-0.1, -0.05) is 46.1 Å². The number of aromatic nitrogens is 2. The van der Waals surface area contributed by atoms with E-state index in [9.17, 15) is 9.59 Å². The smallest absolute Gasteiger partial charge is 0.408 e. The van der Waals surface area contributed by atoms with E-state index in [1.165, 1.54) is 12.8 Å². The van der Waals surface area contributed by atoms with Gasteiger partial charge >= 0.3 is 12.1 Å². The van der Waals surface area contributed by atoms with Gasteiger partial charge in [-0.3, -0.25) is 4.48 Å². The average molecular weight is 526 g/mol. The first-order valence-electron chi connectivity index (χ1n) is 13.0. The fourth-order valence-corrected chi connectivity index (χ4v) is 4.55. The SMILES string of the molecule is CCCCCCOc1nsnc1C1=CCC[N+](C)(C(C)OC(=O)[C@@H](NC(=O)OC(C)(C)C)C(C)C)C1. The maximum atomic E-state index is 13.1. The van der Waals surface area contributed by atoms with Gasteiger partial charge in [0.25, 0.3) is 5.88 Å². The summed E-state index contributed by atoms with van der Waals surface area (Å²) in [7, 11) is 2.07. The molecule has 1 N–H and O–H groups in total. The van der Waals surface area contributed by atoms with Crippen LogP contribution in [0.15, 0.2) is 6.08 Å². The van der Waals surface area contributed by atoms with Crippen molar-refractivity contribution < 1.29 is 28.3 Å². The Hall–Kier alpha value is -2.20. The van der Waals surface area contributed by atoms with Crippen molar-refractivity contribution in [1.82, 2.24) is 14.1 Å². The van der Waals surface area contributed by atoms with Gasteiger partial charge in [-0.15, -0.1) is 4.37 Å². The molecule has 0 spiro atoms. The number of hydrogen-bond acceptors (Lipinski definition) is 8. The van der Waals surface area contributed by atoms with Gasteiger partial charge in [0, 0.05) is 18.9 Å². The number of carbonyl (C=O) groups excluding carboxylic acids is 2. The van der Waals surface area contributed by atoms with Gasteiger partial charge in [-0.2, -0.15) is 4.37 Å². The summed E-state index contributed by atoms with van der Waals surface area (Å²) in [5, 5.41) is 2.68. The van der Waals surface area contributed by atoms with Gasteiger partial charge in [0.05, 0.1) is 31.9 Å². The van der Waals surface area contributed by atoms with Gasteiger partial charge < -0.3 is 19.5 Å². The predicted molar refractivity (Wildman–Crippen MR) is 142 cm³/mol. The molecule has 1 aliphatic heterocycles. The van der Waals surface area contributed by atoms with E-state index >= 15 is 0 Å². The Kier molecular flexibility index (Phi) is 11.2. The van der Waals surface area contributed by atoms with Gasteiger partial charge in [-0.05, 0) is 33.1 Å². The summed E-state index contributed by atoms with van der Waals surface area (Å²) >= 11 is 1.15. The van der Waals surface area contributed by atoms with Crippen LogP contribution in [0.3, 0.4) is 0 Å². The summed E-state index contributed by atoms with van der Waals surface area (Å²) in [6, 6.07) is -0.802. The number of hydrogen-bond donors (Lipinski definition) is 1. The number of rotatable bonds is 12. The van der Waals surface area contributed by atoms with E-state index in [0.29, 0.717) is 23.5 Å². The zero-order valence-corrected chi connectivity index (χ0v) is 24.1. The van der Waals surface area contributed by atoms with Gasteiger partial charge in [0.15, 0.2) is 0 Å². The minimum atomic E-state index is -0.802. The summed E-state index contributed by atoms with van der Waals surface area (Å²) < 4.78 is 26.6. The number of ether oxygens (including phenoxy) is 3. The highest BCUT2D eigenvalue weighted by Gasteiger charge is 2.39. The number of nitrogens with zero attached hydrogens (tertiary/aromatic N) is 3. The molecule has 0 aromatic carbocycles. The number of esters is 1. The van der Waals surface area contributed by atoms with Crippen LogP contribution in [0.1, 0.15) is 86.3 Å². The Balaban J connectivity index is 2.02. The van der Waals surface area contributed by atoms with Crippen LogP contribution >= 0.6 is 11.7 Å². The highest BCUT2D eigenvalue weighted by Crippen LogP contribution is 2.31. The molecule has 36 heavy (non-hydrogen) atoms. The molecule has 3 atom stereocenters. The van der Waals surface area contributed by atoms with E-state index in [4.69, 9.17) is 14.2 Å². The van der Waals surface area contributed by atoms with Crippen LogP contribution in [-0.2, 0) is 14.3 Å². The van der Waals surface area contributed by atoms with Crippen LogP contribution in [0.25, 0.3) is 5.57 Å². The normalized spacial score (nSPS) is 19.9. The molecular weight excluding hydrogens is 480 g/mol. The fourth-order valence-electron chi connectivity index (χ4n) is 4.02. The lowest BCUT2D eigenvalue weighted by Gasteiger charge is -2.41. The molecule has 0 fully saturated rings. The first kappa shape index (κ1) is 30.0. The highest BCUT2D eigenvalue weighted by atomic mass is 32.1. The van der Waals surface area contributed by atoms with Gasteiger partial charge in [0.2, 0.25) is 6.23 Å². The molecule has 0 radical (unpaired) electrons. The molecule has 1 aliphatic rings. The van der Waals surface area contributed by atoms with Crippen molar-refractivity contribution in [3.63, 3.8) is 0 Å². The second-order valence-corrected chi connectivity index (χ2v) is 11.6. The van der Waals surface area contributed by atoms with E-state index in [0.717, 1.165) is 48.8 Å². The number of amides is 1. The average Bonchev–Trinajstić information content (AvgIpc) is 3.24. The molecule has 1 aromatic heterocycles. The Labute approximate surface area is 220 Å². The first-order chi connectivity index (χ1) is 16.9. The van der Waals surface area contributed by atoms with Crippen molar-refractivity contribution in [3.05, 3.63) is 11.8 Å². The molecule has 0 aliphatic carbocycles. The van der Waals surface area contributed by atoms with Crippen molar-refractivity contribution in [2.24, 2.45) is 5.92 Å². The molecule has 2 rings (SSSR count). The van der Waals surface area contributed by atoms with Crippen LogP contribution in [0.2, 0.25) is 0 Å². The van der Waals surface area contributed by atoms with Crippen molar-refractivity contribution in [2.75, 3.05) is 26.7 Å². The lowest BCUT2D eigenvalue weighted by Crippen LogP contribution is -2.57. The second kappa shape index (κ2) is 13.4. The Morgan fingerprint density at radius 3 is 2.53 bits per heavy atom.